The first-order valence-corrected chi connectivity index (χ1v) is 7.06. The maximum atomic E-state index is 8.99. The second-order valence-corrected chi connectivity index (χ2v) is 5.56. The van der Waals surface area contributed by atoms with E-state index >= 15 is 0 Å². The Labute approximate surface area is 113 Å². The molecule has 0 spiro atoms. The lowest BCUT2D eigenvalue weighted by atomic mass is 10.1. The van der Waals surface area contributed by atoms with E-state index in [0.29, 0.717) is 0 Å². The van der Waals surface area contributed by atoms with Crippen molar-refractivity contribution in [2.45, 2.75) is 31.1 Å². The summed E-state index contributed by atoms with van der Waals surface area (Å²) >= 11 is 1.83. The minimum atomic E-state index is 0.113. The first-order chi connectivity index (χ1) is 8.69. The maximum absolute atomic E-state index is 8.99. The molecule has 18 heavy (non-hydrogen) atoms. The monoisotopic (exact) mass is 258 g/mol. The minimum Gasteiger partial charge on any atom is -0.392 e. The number of benzene rings is 2. The van der Waals surface area contributed by atoms with E-state index in [4.69, 9.17) is 5.11 Å². The van der Waals surface area contributed by atoms with Crippen molar-refractivity contribution >= 4 is 11.8 Å². The molecule has 0 fully saturated rings. The highest BCUT2D eigenvalue weighted by molar-refractivity contribution is 7.98. The Morgan fingerprint density at radius 2 is 1.56 bits per heavy atom. The molecule has 2 aromatic rings. The summed E-state index contributed by atoms with van der Waals surface area (Å²) < 4.78 is 0. The Hall–Kier alpha value is -1.25. The Kier molecular flexibility index (Phi) is 4.45. The van der Waals surface area contributed by atoms with Crippen LogP contribution < -0.4 is 0 Å². The van der Waals surface area contributed by atoms with Crippen molar-refractivity contribution in [2.75, 3.05) is 0 Å². The van der Waals surface area contributed by atoms with Crippen LogP contribution >= 0.6 is 11.8 Å². The lowest BCUT2D eigenvalue weighted by Gasteiger charge is -2.06. The molecule has 0 bridgehead atoms. The highest BCUT2D eigenvalue weighted by Gasteiger charge is 1.99. The van der Waals surface area contributed by atoms with Crippen LogP contribution in [0.15, 0.2) is 47.4 Å². The summed E-state index contributed by atoms with van der Waals surface area (Å²) in [6, 6.07) is 14.7. The highest BCUT2D eigenvalue weighted by atomic mass is 32.2. The third-order valence-electron chi connectivity index (χ3n) is 3.08. The van der Waals surface area contributed by atoms with Gasteiger partial charge < -0.3 is 5.11 Å². The third kappa shape index (κ3) is 3.37. The molecule has 94 valence electrons. The zero-order valence-electron chi connectivity index (χ0n) is 10.8. The number of hydrogen-bond donors (Lipinski definition) is 1. The van der Waals surface area contributed by atoms with Crippen molar-refractivity contribution < 1.29 is 5.11 Å². The van der Waals surface area contributed by atoms with Gasteiger partial charge in [0.15, 0.2) is 0 Å². The largest absolute Gasteiger partial charge is 0.392 e. The van der Waals surface area contributed by atoms with Crippen molar-refractivity contribution in [3.8, 4) is 0 Å². The minimum absolute atomic E-state index is 0.113. The van der Waals surface area contributed by atoms with Crippen LogP contribution in [0.25, 0.3) is 0 Å². The second-order valence-electron chi connectivity index (χ2n) is 4.51. The smallest absolute Gasteiger partial charge is 0.0681 e. The lowest BCUT2D eigenvalue weighted by Crippen LogP contribution is -1.86. The Morgan fingerprint density at radius 3 is 2.17 bits per heavy atom. The highest BCUT2D eigenvalue weighted by Crippen LogP contribution is 2.24. The van der Waals surface area contributed by atoms with E-state index in [2.05, 4.69) is 44.2 Å². The molecule has 2 heteroatoms. The molecule has 0 amide bonds. The maximum Gasteiger partial charge on any atom is 0.0681 e. The number of hydrogen-bond acceptors (Lipinski definition) is 2. The SMILES string of the molecule is Cc1ccc(CSc2ccc(CO)cc2)cc1C. The standard InChI is InChI=1S/C16H18OS/c1-12-3-4-15(9-13(12)2)11-18-16-7-5-14(10-17)6-8-16/h3-9,17H,10-11H2,1-2H3. The van der Waals surface area contributed by atoms with Crippen molar-refractivity contribution in [1.82, 2.24) is 0 Å². The molecular weight excluding hydrogens is 240 g/mol. The van der Waals surface area contributed by atoms with E-state index < -0.39 is 0 Å². The van der Waals surface area contributed by atoms with Gasteiger partial charge in [-0.05, 0) is 48.2 Å². The fourth-order valence-electron chi connectivity index (χ4n) is 1.75. The van der Waals surface area contributed by atoms with E-state index in [1.165, 1.54) is 21.6 Å². The fraction of sp³-hybridized carbons (Fsp3) is 0.250. The van der Waals surface area contributed by atoms with Crippen LogP contribution in [0.3, 0.4) is 0 Å². The summed E-state index contributed by atoms with van der Waals surface area (Å²) in [7, 11) is 0. The van der Waals surface area contributed by atoms with Gasteiger partial charge >= 0.3 is 0 Å². The molecule has 0 saturated carbocycles. The van der Waals surface area contributed by atoms with E-state index in [-0.39, 0.29) is 6.61 Å². The van der Waals surface area contributed by atoms with E-state index in [0.717, 1.165) is 11.3 Å². The molecular formula is C16H18OS. The van der Waals surface area contributed by atoms with Gasteiger partial charge in [0, 0.05) is 10.6 Å². The summed E-state index contributed by atoms with van der Waals surface area (Å²) in [5.74, 6) is 0.986. The average molecular weight is 258 g/mol. The first kappa shape index (κ1) is 13.2. The number of aliphatic hydroxyl groups excluding tert-OH is 1. The molecule has 0 aromatic heterocycles. The van der Waals surface area contributed by atoms with Crippen LogP contribution in [0.2, 0.25) is 0 Å². The normalized spacial score (nSPS) is 10.6. The summed E-state index contributed by atoms with van der Waals surface area (Å²) in [5, 5.41) is 8.99. The van der Waals surface area contributed by atoms with Crippen LogP contribution in [-0.4, -0.2) is 5.11 Å². The Bertz CT molecular complexity index is 517. The zero-order valence-corrected chi connectivity index (χ0v) is 11.6. The van der Waals surface area contributed by atoms with E-state index in [9.17, 15) is 0 Å². The molecule has 2 aromatic carbocycles. The quantitative estimate of drug-likeness (QED) is 0.834. The number of aryl methyl sites for hydroxylation is 2. The van der Waals surface area contributed by atoms with Gasteiger partial charge in [0.25, 0.3) is 0 Å². The number of rotatable bonds is 4. The van der Waals surface area contributed by atoms with E-state index in [1.807, 2.05) is 23.9 Å². The summed E-state index contributed by atoms with van der Waals surface area (Å²) in [5.41, 5.74) is 5.01. The fourth-order valence-corrected chi connectivity index (χ4v) is 2.59. The lowest BCUT2D eigenvalue weighted by molar-refractivity contribution is 0.282. The molecule has 1 N–H and O–H groups in total. The van der Waals surface area contributed by atoms with Crippen molar-refractivity contribution in [3.05, 3.63) is 64.7 Å². The molecule has 0 atom stereocenters. The number of aliphatic hydroxyl groups is 1. The molecule has 0 aliphatic carbocycles. The van der Waals surface area contributed by atoms with Crippen LogP contribution in [0.4, 0.5) is 0 Å². The second kappa shape index (κ2) is 6.07. The molecule has 0 saturated heterocycles. The predicted molar refractivity (Wildman–Crippen MR) is 77.8 cm³/mol. The van der Waals surface area contributed by atoms with Gasteiger partial charge in [-0.3, -0.25) is 0 Å². The molecule has 0 radical (unpaired) electrons. The molecule has 0 heterocycles. The van der Waals surface area contributed by atoms with E-state index in [1.54, 1.807) is 0 Å². The summed E-state index contributed by atoms with van der Waals surface area (Å²) in [6.07, 6.45) is 0. The van der Waals surface area contributed by atoms with Crippen molar-refractivity contribution in [2.24, 2.45) is 0 Å². The van der Waals surface area contributed by atoms with Crippen LogP contribution in [0, 0.1) is 13.8 Å². The molecule has 0 unspecified atom stereocenters. The summed E-state index contributed by atoms with van der Waals surface area (Å²) in [4.78, 5) is 1.24. The van der Waals surface area contributed by atoms with Crippen LogP contribution in [0.1, 0.15) is 22.3 Å². The average Bonchev–Trinajstić information content (AvgIpc) is 2.41. The van der Waals surface area contributed by atoms with Gasteiger partial charge in [-0.1, -0.05) is 30.3 Å². The predicted octanol–water partition coefficient (Wildman–Crippen LogP) is 4.09. The van der Waals surface area contributed by atoms with Crippen molar-refractivity contribution in [3.63, 3.8) is 0 Å². The topological polar surface area (TPSA) is 20.2 Å². The molecule has 0 aliphatic rings. The summed E-state index contributed by atoms with van der Waals surface area (Å²) in [6.45, 7) is 4.40. The van der Waals surface area contributed by atoms with Gasteiger partial charge in [-0.25, -0.2) is 0 Å². The third-order valence-corrected chi connectivity index (χ3v) is 4.17. The van der Waals surface area contributed by atoms with Gasteiger partial charge in [0.1, 0.15) is 0 Å². The van der Waals surface area contributed by atoms with Crippen LogP contribution in [0.5, 0.6) is 0 Å². The van der Waals surface area contributed by atoms with Gasteiger partial charge in [0.05, 0.1) is 6.61 Å². The van der Waals surface area contributed by atoms with Gasteiger partial charge in [-0.2, -0.15) is 0 Å². The molecule has 2 rings (SSSR count). The molecule has 1 nitrogen and oxygen atoms in total. The number of thioether (sulfide) groups is 1. The molecule has 0 aliphatic heterocycles. The van der Waals surface area contributed by atoms with Gasteiger partial charge in [0.2, 0.25) is 0 Å². The Balaban J connectivity index is 1.99. The first-order valence-electron chi connectivity index (χ1n) is 6.08. The van der Waals surface area contributed by atoms with Crippen LogP contribution in [-0.2, 0) is 12.4 Å². The Morgan fingerprint density at radius 1 is 0.889 bits per heavy atom. The zero-order chi connectivity index (χ0) is 13.0. The van der Waals surface area contributed by atoms with Gasteiger partial charge in [-0.15, -0.1) is 11.8 Å². The van der Waals surface area contributed by atoms with Crippen molar-refractivity contribution in [1.29, 1.82) is 0 Å².